The van der Waals surface area contributed by atoms with Crippen LogP contribution in [0.25, 0.3) is 0 Å². The van der Waals surface area contributed by atoms with E-state index < -0.39 is 0 Å². The van der Waals surface area contributed by atoms with Crippen molar-refractivity contribution in [2.45, 2.75) is 78.9 Å². The van der Waals surface area contributed by atoms with E-state index in [1.54, 1.807) is 0 Å². The average molecular weight is 355 g/mol. The Morgan fingerprint density at radius 3 is 0.800 bits per heavy atom. The maximum Gasteiger partial charge on any atom is 0.0126 e. The van der Waals surface area contributed by atoms with Gasteiger partial charge in [0.2, 0.25) is 0 Å². The Morgan fingerprint density at radius 2 is 0.600 bits per heavy atom. The lowest BCUT2D eigenvalue weighted by atomic mass is 10.0. The van der Waals surface area contributed by atoms with Gasteiger partial charge in [-0.25, -0.2) is 0 Å². The first kappa shape index (κ1) is 22.9. The second-order valence-electron chi connectivity index (χ2n) is 10.8. The van der Waals surface area contributed by atoms with Gasteiger partial charge in [0, 0.05) is 69.0 Å². The molecule has 1 aliphatic heterocycles. The summed E-state index contributed by atoms with van der Waals surface area (Å²) in [5.74, 6) is 0. The number of likely N-dealkylation sites (N-methyl/N-ethyl adjacent to an activating group) is 1. The van der Waals surface area contributed by atoms with Gasteiger partial charge in [0.25, 0.3) is 0 Å². The first-order valence-corrected chi connectivity index (χ1v) is 10.1. The van der Waals surface area contributed by atoms with Crippen molar-refractivity contribution in [3.63, 3.8) is 0 Å². The summed E-state index contributed by atoms with van der Waals surface area (Å²) in [5.41, 5.74) is 0.673. The highest BCUT2D eigenvalue weighted by Gasteiger charge is 2.28. The smallest absolute Gasteiger partial charge is 0.0126 e. The normalized spacial score (nSPS) is 23.3. The molecule has 1 fully saturated rings. The molecule has 4 heteroatoms. The highest BCUT2D eigenvalue weighted by atomic mass is 15.3. The van der Waals surface area contributed by atoms with Gasteiger partial charge < -0.3 is 4.90 Å². The number of hydrogen-bond donors (Lipinski definition) is 0. The van der Waals surface area contributed by atoms with Gasteiger partial charge in [0.1, 0.15) is 0 Å². The molecule has 0 unspecified atom stereocenters. The lowest BCUT2D eigenvalue weighted by molar-refractivity contribution is 0.0404. The van der Waals surface area contributed by atoms with Crippen molar-refractivity contribution in [3.8, 4) is 0 Å². The fraction of sp³-hybridized carbons (Fsp3) is 1.00. The molecule has 150 valence electrons. The predicted octanol–water partition coefficient (Wildman–Crippen LogP) is 3.23. The van der Waals surface area contributed by atoms with Gasteiger partial charge in [-0.2, -0.15) is 0 Å². The molecule has 0 amide bonds. The molecule has 0 saturated carbocycles. The molecular formula is C21H46N4. The van der Waals surface area contributed by atoms with Crippen LogP contribution in [-0.4, -0.2) is 95.6 Å². The van der Waals surface area contributed by atoms with Gasteiger partial charge in [-0.05, 0) is 69.4 Å². The van der Waals surface area contributed by atoms with Crippen LogP contribution in [-0.2, 0) is 0 Å². The molecular weight excluding hydrogens is 308 g/mol. The van der Waals surface area contributed by atoms with Crippen LogP contribution in [0.1, 0.15) is 62.3 Å². The zero-order valence-electron chi connectivity index (χ0n) is 18.9. The van der Waals surface area contributed by atoms with Crippen LogP contribution in [0, 0.1) is 0 Å². The molecule has 1 saturated heterocycles. The minimum atomic E-state index is 0.216. The fourth-order valence-corrected chi connectivity index (χ4v) is 3.53. The maximum atomic E-state index is 2.68. The highest BCUT2D eigenvalue weighted by Crippen LogP contribution is 2.19. The van der Waals surface area contributed by atoms with E-state index in [0.29, 0.717) is 0 Å². The predicted molar refractivity (Wildman–Crippen MR) is 111 cm³/mol. The summed E-state index contributed by atoms with van der Waals surface area (Å²) in [6, 6.07) is 0. The molecule has 25 heavy (non-hydrogen) atoms. The minimum Gasteiger partial charge on any atom is -0.304 e. The molecule has 0 bridgehead atoms. The molecule has 1 aliphatic rings. The fourth-order valence-electron chi connectivity index (χ4n) is 3.53. The zero-order chi connectivity index (χ0) is 19.5. The Morgan fingerprint density at radius 1 is 0.400 bits per heavy atom. The van der Waals surface area contributed by atoms with Crippen molar-refractivity contribution in [2.24, 2.45) is 0 Å². The third kappa shape index (κ3) is 7.94. The summed E-state index contributed by atoms with van der Waals surface area (Å²) < 4.78 is 0. The summed E-state index contributed by atoms with van der Waals surface area (Å²) in [6.45, 7) is 30.3. The quantitative estimate of drug-likeness (QED) is 0.662. The highest BCUT2D eigenvalue weighted by molar-refractivity contribution is 4.85. The Hall–Kier alpha value is -0.160. The molecule has 4 nitrogen and oxygen atoms in total. The van der Waals surface area contributed by atoms with Crippen LogP contribution in [0.3, 0.4) is 0 Å². The average Bonchev–Trinajstić information content (AvgIpc) is 2.38. The number of nitrogens with zero attached hydrogens (tertiary/aromatic N) is 4. The van der Waals surface area contributed by atoms with E-state index in [1.165, 1.54) is 0 Å². The Kier molecular flexibility index (Phi) is 7.95. The van der Waals surface area contributed by atoms with Gasteiger partial charge in [0.05, 0.1) is 0 Å². The molecule has 0 radical (unpaired) electrons. The van der Waals surface area contributed by atoms with Crippen LogP contribution in [0.2, 0.25) is 0 Å². The molecule has 0 aromatic heterocycles. The largest absolute Gasteiger partial charge is 0.304 e. The third-order valence-electron chi connectivity index (χ3n) is 5.63. The van der Waals surface area contributed by atoms with Crippen LogP contribution in [0.5, 0.6) is 0 Å². The van der Waals surface area contributed by atoms with E-state index in [0.717, 1.165) is 52.4 Å². The lowest BCUT2D eigenvalue weighted by Crippen LogP contribution is -2.55. The van der Waals surface area contributed by atoms with Crippen molar-refractivity contribution < 1.29 is 0 Å². The van der Waals surface area contributed by atoms with Crippen molar-refractivity contribution in [2.75, 3.05) is 59.4 Å². The first-order chi connectivity index (χ1) is 11.2. The van der Waals surface area contributed by atoms with Crippen LogP contribution < -0.4 is 0 Å². The van der Waals surface area contributed by atoms with Gasteiger partial charge >= 0.3 is 0 Å². The molecule has 1 rings (SSSR count). The molecule has 0 aromatic carbocycles. The molecule has 1 heterocycles. The Labute approximate surface area is 158 Å². The van der Waals surface area contributed by atoms with E-state index in [4.69, 9.17) is 0 Å². The van der Waals surface area contributed by atoms with Crippen molar-refractivity contribution in [1.82, 2.24) is 19.6 Å². The summed E-state index contributed by atoms with van der Waals surface area (Å²) in [6.07, 6.45) is 0. The zero-order valence-corrected chi connectivity index (χ0v) is 18.9. The van der Waals surface area contributed by atoms with Gasteiger partial charge in [-0.15, -0.1) is 0 Å². The minimum absolute atomic E-state index is 0.216. The Bertz CT molecular complexity index is 356. The summed E-state index contributed by atoms with van der Waals surface area (Å²) in [4.78, 5) is 10.5. The van der Waals surface area contributed by atoms with Crippen LogP contribution in [0.4, 0.5) is 0 Å². The molecule has 0 aliphatic carbocycles. The van der Waals surface area contributed by atoms with Crippen molar-refractivity contribution in [1.29, 1.82) is 0 Å². The molecule has 0 atom stereocenters. The van der Waals surface area contributed by atoms with Crippen molar-refractivity contribution >= 4 is 0 Å². The first-order valence-electron chi connectivity index (χ1n) is 10.1. The lowest BCUT2D eigenvalue weighted by Gasteiger charge is -2.44. The van der Waals surface area contributed by atoms with E-state index in [2.05, 4.69) is 89.0 Å². The second kappa shape index (κ2) is 8.69. The van der Waals surface area contributed by atoms with E-state index in [-0.39, 0.29) is 16.6 Å². The summed E-state index contributed by atoms with van der Waals surface area (Å²) >= 11 is 0. The van der Waals surface area contributed by atoms with Gasteiger partial charge in [0.15, 0.2) is 0 Å². The van der Waals surface area contributed by atoms with E-state index in [1.807, 2.05) is 0 Å². The number of rotatable bonds is 0. The van der Waals surface area contributed by atoms with E-state index in [9.17, 15) is 0 Å². The summed E-state index contributed by atoms with van der Waals surface area (Å²) in [5, 5.41) is 0. The maximum absolute atomic E-state index is 2.68. The second-order valence-corrected chi connectivity index (χ2v) is 10.8. The monoisotopic (exact) mass is 354 g/mol. The van der Waals surface area contributed by atoms with Crippen LogP contribution in [0.15, 0.2) is 0 Å². The van der Waals surface area contributed by atoms with Gasteiger partial charge in [-0.3, -0.25) is 14.7 Å². The van der Waals surface area contributed by atoms with Crippen molar-refractivity contribution in [3.05, 3.63) is 0 Å². The molecule has 0 N–H and O–H groups in total. The van der Waals surface area contributed by atoms with Gasteiger partial charge in [-0.1, -0.05) is 0 Å². The van der Waals surface area contributed by atoms with E-state index >= 15 is 0 Å². The topological polar surface area (TPSA) is 13.0 Å². The molecule has 0 aromatic rings. The third-order valence-corrected chi connectivity index (χ3v) is 5.63. The summed E-state index contributed by atoms with van der Waals surface area (Å²) in [7, 11) is 2.27. The Balaban J connectivity index is 2.95. The van der Waals surface area contributed by atoms with Crippen LogP contribution >= 0.6 is 0 Å². The number of hydrogen-bond acceptors (Lipinski definition) is 4. The molecule has 0 spiro atoms. The standard InChI is InChI=1S/C21H46N4/c1-19(2,3)23-13-11-22(10)12-14-24(20(4,5)6)16-18-25(17-15-23)21(7,8)9/h11-18H2,1-10H3. The SMILES string of the molecule is CN1CCN(C(C)(C)C)CCN(C(C)(C)C)CCN(C(C)(C)C)CC1.